The average Bonchev–Trinajstić information content (AvgIpc) is 3.29. The molecule has 1 aliphatic heterocycles. The predicted octanol–water partition coefficient (Wildman–Crippen LogP) is 13.4. The first-order valence-electron chi connectivity index (χ1n) is 18.7. The van der Waals surface area contributed by atoms with Crippen LogP contribution in [0.25, 0.3) is 67.5 Å². The molecule has 1 aromatic heterocycles. The number of fused-ring (bicyclic) bond motifs is 2. The molecule has 5 heteroatoms. The number of benzene rings is 8. The van der Waals surface area contributed by atoms with E-state index in [1.165, 1.54) is 0 Å². The standard InChI is InChI=1S/C51H34N4O/c1-5-17-35(18-6-1)40-31-41(36-19-7-2-8-20-36)33-42(32-40)39-29-30-44(55-45-25-13-15-27-47(45)56-48-28-16-14-26-46(48)55)43(34-39)51-53-49(37-21-9-3-10-22-37)52-50(54-51)38-23-11-4-12-24-38/h1-34H. The Morgan fingerprint density at radius 3 is 1.16 bits per heavy atom. The van der Waals surface area contributed by atoms with Gasteiger partial charge in [0.05, 0.1) is 17.1 Å². The molecule has 264 valence electrons. The normalized spacial score (nSPS) is 11.7. The minimum atomic E-state index is 0.568. The van der Waals surface area contributed by atoms with E-state index in [-0.39, 0.29) is 0 Å². The fraction of sp³-hybridized carbons (Fsp3) is 0. The van der Waals surface area contributed by atoms with Gasteiger partial charge in [-0.2, -0.15) is 0 Å². The van der Waals surface area contributed by atoms with Crippen molar-refractivity contribution in [2.24, 2.45) is 0 Å². The van der Waals surface area contributed by atoms with E-state index in [9.17, 15) is 0 Å². The highest BCUT2D eigenvalue weighted by Gasteiger charge is 2.29. The van der Waals surface area contributed by atoms with Crippen molar-refractivity contribution in [3.05, 3.63) is 206 Å². The number of hydrogen-bond donors (Lipinski definition) is 0. The summed E-state index contributed by atoms with van der Waals surface area (Å²) in [6.45, 7) is 0. The van der Waals surface area contributed by atoms with Crippen molar-refractivity contribution in [1.82, 2.24) is 15.0 Å². The first-order valence-corrected chi connectivity index (χ1v) is 18.7. The molecule has 0 fully saturated rings. The summed E-state index contributed by atoms with van der Waals surface area (Å²) in [7, 11) is 0. The van der Waals surface area contributed by atoms with Crippen LogP contribution in [-0.2, 0) is 0 Å². The van der Waals surface area contributed by atoms with Gasteiger partial charge in [0, 0.05) is 16.7 Å². The molecular formula is C51H34N4O. The third-order valence-corrected chi connectivity index (χ3v) is 10.1. The molecular weight excluding hydrogens is 685 g/mol. The zero-order valence-electron chi connectivity index (χ0n) is 30.3. The largest absolute Gasteiger partial charge is 0.453 e. The number of hydrogen-bond acceptors (Lipinski definition) is 5. The molecule has 56 heavy (non-hydrogen) atoms. The summed E-state index contributed by atoms with van der Waals surface area (Å²) in [5, 5.41) is 0. The van der Waals surface area contributed by atoms with Crippen LogP contribution in [0.2, 0.25) is 0 Å². The maximum absolute atomic E-state index is 6.45. The Hall–Kier alpha value is -7.63. The van der Waals surface area contributed by atoms with Crippen LogP contribution in [0.15, 0.2) is 206 Å². The Bertz CT molecular complexity index is 2670. The summed E-state index contributed by atoms with van der Waals surface area (Å²) >= 11 is 0. The van der Waals surface area contributed by atoms with E-state index < -0.39 is 0 Å². The third-order valence-electron chi connectivity index (χ3n) is 10.1. The smallest absolute Gasteiger partial charge is 0.166 e. The van der Waals surface area contributed by atoms with Gasteiger partial charge >= 0.3 is 0 Å². The quantitative estimate of drug-likeness (QED) is 0.164. The Morgan fingerprint density at radius 1 is 0.286 bits per heavy atom. The van der Waals surface area contributed by atoms with Crippen LogP contribution in [0.4, 0.5) is 17.1 Å². The molecule has 1 aliphatic rings. The van der Waals surface area contributed by atoms with Gasteiger partial charge in [-0.05, 0) is 88.0 Å². The summed E-state index contributed by atoms with van der Waals surface area (Å²) in [6, 6.07) is 71.1. The average molecular weight is 719 g/mol. The fourth-order valence-corrected chi connectivity index (χ4v) is 7.37. The van der Waals surface area contributed by atoms with Gasteiger partial charge in [-0.3, -0.25) is 0 Å². The monoisotopic (exact) mass is 718 g/mol. The van der Waals surface area contributed by atoms with E-state index in [1.807, 2.05) is 97.1 Å². The first kappa shape index (κ1) is 33.0. The molecule has 0 radical (unpaired) electrons. The van der Waals surface area contributed by atoms with Crippen molar-refractivity contribution in [2.45, 2.75) is 0 Å². The van der Waals surface area contributed by atoms with Crippen LogP contribution >= 0.6 is 0 Å². The lowest BCUT2D eigenvalue weighted by Gasteiger charge is -2.34. The molecule has 0 unspecified atom stereocenters. The predicted molar refractivity (Wildman–Crippen MR) is 227 cm³/mol. The Kier molecular flexibility index (Phi) is 8.43. The molecule has 0 saturated heterocycles. The Labute approximate surface area is 325 Å². The van der Waals surface area contributed by atoms with Gasteiger partial charge in [0.1, 0.15) is 0 Å². The molecule has 0 N–H and O–H groups in total. The number of aromatic nitrogens is 3. The van der Waals surface area contributed by atoms with Gasteiger partial charge < -0.3 is 9.64 Å². The minimum absolute atomic E-state index is 0.568. The maximum atomic E-state index is 6.45. The number of nitrogens with zero attached hydrogens (tertiary/aromatic N) is 4. The number of rotatable bonds is 7. The van der Waals surface area contributed by atoms with Crippen molar-refractivity contribution in [3.8, 4) is 79.0 Å². The summed E-state index contributed by atoms with van der Waals surface area (Å²) in [6.07, 6.45) is 0. The Morgan fingerprint density at radius 2 is 0.679 bits per heavy atom. The second-order valence-electron chi connectivity index (χ2n) is 13.7. The van der Waals surface area contributed by atoms with E-state index in [0.717, 1.165) is 78.6 Å². The molecule has 0 amide bonds. The summed E-state index contributed by atoms with van der Waals surface area (Å²) in [5.74, 6) is 3.32. The number of ether oxygens (including phenoxy) is 1. The van der Waals surface area contributed by atoms with Gasteiger partial charge in [-0.1, -0.05) is 152 Å². The molecule has 5 nitrogen and oxygen atoms in total. The lowest BCUT2D eigenvalue weighted by Crippen LogP contribution is -2.17. The van der Waals surface area contributed by atoms with Crippen LogP contribution < -0.4 is 9.64 Å². The van der Waals surface area contributed by atoms with Crippen LogP contribution in [0.1, 0.15) is 0 Å². The van der Waals surface area contributed by atoms with Crippen molar-refractivity contribution >= 4 is 17.1 Å². The lowest BCUT2D eigenvalue weighted by molar-refractivity contribution is 0.477. The molecule has 0 bridgehead atoms. The molecule has 0 aliphatic carbocycles. The van der Waals surface area contributed by atoms with Crippen LogP contribution in [0, 0.1) is 0 Å². The lowest BCUT2D eigenvalue weighted by atomic mass is 9.92. The van der Waals surface area contributed by atoms with Crippen molar-refractivity contribution < 1.29 is 4.74 Å². The highest BCUT2D eigenvalue weighted by Crippen LogP contribution is 2.52. The molecule has 9 aromatic rings. The van der Waals surface area contributed by atoms with E-state index in [2.05, 4.69) is 114 Å². The molecule has 0 saturated carbocycles. The van der Waals surface area contributed by atoms with E-state index in [1.54, 1.807) is 0 Å². The highest BCUT2D eigenvalue weighted by molar-refractivity contribution is 5.94. The fourth-order valence-electron chi connectivity index (χ4n) is 7.37. The van der Waals surface area contributed by atoms with Gasteiger partial charge in [0.15, 0.2) is 29.0 Å². The van der Waals surface area contributed by atoms with Gasteiger partial charge in [0.2, 0.25) is 0 Å². The SMILES string of the molecule is c1ccc(-c2cc(-c3ccccc3)cc(-c3ccc(N4c5ccccc5Oc5ccccc54)c(-c4nc(-c5ccccc5)nc(-c5ccccc5)n4)c3)c2)cc1. The summed E-state index contributed by atoms with van der Waals surface area (Å²) in [5.41, 5.74) is 12.2. The molecule has 0 atom stereocenters. The van der Waals surface area contributed by atoms with E-state index in [4.69, 9.17) is 19.7 Å². The molecule has 2 heterocycles. The topological polar surface area (TPSA) is 51.1 Å². The van der Waals surface area contributed by atoms with Crippen LogP contribution in [-0.4, -0.2) is 15.0 Å². The van der Waals surface area contributed by atoms with Gasteiger partial charge in [-0.25, -0.2) is 15.0 Å². The van der Waals surface area contributed by atoms with E-state index >= 15 is 0 Å². The second-order valence-corrected chi connectivity index (χ2v) is 13.7. The zero-order valence-corrected chi connectivity index (χ0v) is 30.3. The van der Waals surface area contributed by atoms with Gasteiger partial charge in [-0.15, -0.1) is 0 Å². The first-order chi connectivity index (χ1) is 27.7. The zero-order chi connectivity index (χ0) is 37.3. The molecule has 8 aromatic carbocycles. The highest BCUT2D eigenvalue weighted by atomic mass is 16.5. The second kappa shape index (κ2) is 14.3. The summed E-state index contributed by atoms with van der Waals surface area (Å²) < 4.78 is 6.45. The van der Waals surface area contributed by atoms with Crippen molar-refractivity contribution in [2.75, 3.05) is 4.90 Å². The minimum Gasteiger partial charge on any atom is -0.453 e. The molecule has 10 rings (SSSR count). The third kappa shape index (κ3) is 6.27. The molecule has 0 spiro atoms. The van der Waals surface area contributed by atoms with Crippen molar-refractivity contribution in [1.29, 1.82) is 0 Å². The Balaban J connectivity index is 1.25. The maximum Gasteiger partial charge on any atom is 0.166 e. The number of para-hydroxylation sites is 4. The number of anilines is 3. The van der Waals surface area contributed by atoms with Crippen LogP contribution in [0.3, 0.4) is 0 Å². The van der Waals surface area contributed by atoms with Crippen LogP contribution in [0.5, 0.6) is 11.5 Å². The van der Waals surface area contributed by atoms with Gasteiger partial charge in [0.25, 0.3) is 0 Å². The van der Waals surface area contributed by atoms with Crippen molar-refractivity contribution in [3.63, 3.8) is 0 Å². The summed E-state index contributed by atoms with van der Waals surface area (Å²) in [4.78, 5) is 17.8. The van der Waals surface area contributed by atoms with E-state index in [0.29, 0.717) is 17.5 Å².